The van der Waals surface area contributed by atoms with Crippen LogP contribution < -0.4 is 0 Å². The minimum atomic E-state index is -4.43. The molecular formula is C12H13F3O. The van der Waals surface area contributed by atoms with Gasteiger partial charge in [0.05, 0.1) is 0 Å². The maximum atomic E-state index is 12.0. The summed E-state index contributed by atoms with van der Waals surface area (Å²) in [7, 11) is 0. The highest BCUT2D eigenvalue weighted by atomic mass is 19.4. The molecule has 16 heavy (non-hydrogen) atoms. The van der Waals surface area contributed by atoms with Crippen molar-refractivity contribution in [3.8, 4) is 0 Å². The maximum Gasteiger partial charge on any atom is 0.396 e. The van der Waals surface area contributed by atoms with E-state index in [9.17, 15) is 18.0 Å². The van der Waals surface area contributed by atoms with E-state index in [4.69, 9.17) is 0 Å². The molecule has 0 radical (unpaired) electrons. The highest BCUT2D eigenvalue weighted by molar-refractivity contribution is 5.96. The number of hydrogen-bond acceptors (Lipinski definition) is 1. The van der Waals surface area contributed by atoms with Crippen molar-refractivity contribution in [1.82, 2.24) is 0 Å². The molecule has 1 rings (SSSR count). The molecule has 0 aliphatic carbocycles. The summed E-state index contributed by atoms with van der Waals surface area (Å²) < 4.78 is 35.9. The van der Waals surface area contributed by atoms with E-state index in [0.717, 1.165) is 18.4 Å². The molecule has 0 N–H and O–H groups in total. The molecule has 0 fully saturated rings. The van der Waals surface area contributed by atoms with Crippen molar-refractivity contribution in [2.45, 2.75) is 32.4 Å². The van der Waals surface area contributed by atoms with Crippen LogP contribution in [-0.2, 0) is 6.42 Å². The topological polar surface area (TPSA) is 17.1 Å². The second-order valence-electron chi connectivity index (χ2n) is 3.66. The van der Waals surface area contributed by atoms with Gasteiger partial charge in [0.1, 0.15) is 6.42 Å². The van der Waals surface area contributed by atoms with Crippen LogP contribution in [0.3, 0.4) is 0 Å². The van der Waals surface area contributed by atoms with Crippen LogP contribution in [0, 0.1) is 0 Å². The summed E-state index contributed by atoms with van der Waals surface area (Å²) in [5.74, 6) is -0.879. The molecule has 0 aliphatic rings. The molecule has 0 bridgehead atoms. The van der Waals surface area contributed by atoms with Gasteiger partial charge in [-0.15, -0.1) is 0 Å². The molecule has 0 aromatic heterocycles. The van der Waals surface area contributed by atoms with Gasteiger partial charge >= 0.3 is 6.18 Å². The first kappa shape index (κ1) is 12.7. The number of Topliss-reactive ketones (excluding diaryl/α,β-unsaturated/α-hetero) is 1. The number of alkyl halides is 3. The number of benzene rings is 1. The molecule has 0 saturated heterocycles. The van der Waals surface area contributed by atoms with Gasteiger partial charge in [-0.2, -0.15) is 13.2 Å². The third-order valence-corrected chi connectivity index (χ3v) is 2.18. The monoisotopic (exact) mass is 230 g/mol. The molecule has 0 saturated carbocycles. The summed E-state index contributed by atoms with van der Waals surface area (Å²) in [5, 5.41) is 0. The van der Waals surface area contributed by atoms with Crippen molar-refractivity contribution in [2.75, 3.05) is 0 Å². The summed E-state index contributed by atoms with van der Waals surface area (Å²) in [6.07, 6.45) is -3.98. The molecule has 88 valence electrons. The van der Waals surface area contributed by atoms with E-state index in [2.05, 4.69) is 0 Å². The minimum absolute atomic E-state index is 0.122. The maximum absolute atomic E-state index is 12.0. The highest BCUT2D eigenvalue weighted by Crippen LogP contribution is 2.22. The Balaban J connectivity index is 2.70. The third-order valence-electron chi connectivity index (χ3n) is 2.18. The van der Waals surface area contributed by atoms with E-state index in [-0.39, 0.29) is 5.56 Å². The molecule has 0 amide bonds. The zero-order chi connectivity index (χ0) is 12.2. The Morgan fingerprint density at radius 2 is 1.75 bits per heavy atom. The van der Waals surface area contributed by atoms with Crippen LogP contribution in [-0.4, -0.2) is 12.0 Å². The zero-order valence-electron chi connectivity index (χ0n) is 8.97. The van der Waals surface area contributed by atoms with Gasteiger partial charge in [-0.3, -0.25) is 4.79 Å². The number of carbonyl (C=O) groups is 1. The molecule has 0 unspecified atom stereocenters. The zero-order valence-corrected chi connectivity index (χ0v) is 8.97. The number of rotatable bonds is 4. The van der Waals surface area contributed by atoms with Crippen LogP contribution in [0.15, 0.2) is 24.3 Å². The van der Waals surface area contributed by atoms with Crippen molar-refractivity contribution in [2.24, 2.45) is 0 Å². The molecular weight excluding hydrogens is 217 g/mol. The Labute approximate surface area is 92.3 Å². The number of ketones is 1. The minimum Gasteiger partial charge on any atom is -0.294 e. The first-order chi connectivity index (χ1) is 7.42. The van der Waals surface area contributed by atoms with Gasteiger partial charge in [0.2, 0.25) is 0 Å². The average molecular weight is 230 g/mol. The molecule has 4 heteroatoms. The number of aryl methyl sites for hydroxylation is 1. The van der Waals surface area contributed by atoms with E-state index < -0.39 is 18.4 Å². The van der Waals surface area contributed by atoms with Crippen molar-refractivity contribution in [3.05, 3.63) is 35.4 Å². The molecule has 1 aromatic rings. The summed E-state index contributed by atoms with van der Waals surface area (Å²) in [4.78, 5) is 11.2. The largest absolute Gasteiger partial charge is 0.396 e. The summed E-state index contributed by atoms with van der Waals surface area (Å²) in [6.45, 7) is 2.02. The number of halogens is 3. The predicted molar refractivity (Wildman–Crippen MR) is 55.4 cm³/mol. The Morgan fingerprint density at radius 1 is 1.19 bits per heavy atom. The van der Waals surface area contributed by atoms with E-state index in [1.807, 2.05) is 6.92 Å². The van der Waals surface area contributed by atoms with Crippen LogP contribution >= 0.6 is 0 Å². The van der Waals surface area contributed by atoms with Gasteiger partial charge in [-0.1, -0.05) is 37.6 Å². The summed E-state index contributed by atoms with van der Waals surface area (Å²) in [6, 6.07) is 6.32. The fourth-order valence-corrected chi connectivity index (χ4v) is 1.43. The van der Waals surface area contributed by atoms with Gasteiger partial charge in [-0.05, 0) is 12.0 Å². The van der Waals surface area contributed by atoms with Gasteiger partial charge < -0.3 is 0 Å². The van der Waals surface area contributed by atoms with Gasteiger partial charge in [0.15, 0.2) is 5.78 Å². The average Bonchev–Trinajstić information content (AvgIpc) is 2.16. The fraction of sp³-hybridized carbons (Fsp3) is 0.417. The molecule has 0 heterocycles. The second kappa shape index (κ2) is 5.14. The lowest BCUT2D eigenvalue weighted by Gasteiger charge is -2.06. The molecule has 1 aromatic carbocycles. The third kappa shape index (κ3) is 4.04. The van der Waals surface area contributed by atoms with Crippen molar-refractivity contribution >= 4 is 5.78 Å². The highest BCUT2D eigenvalue weighted by Gasteiger charge is 2.31. The lowest BCUT2D eigenvalue weighted by Crippen LogP contribution is -2.14. The summed E-state index contributed by atoms with van der Waals surface area (Å²) in [5.41, 5.74) is 1.16. The summed E-state index contributed by atoms with van der Waals surface area (Å²) >= 11 is 0. The predicted octanol–water partition coefficient (Wildman–Crippen LogP) is 3.77. The lowest BCUT2D eigenvalue weighted by atomic mass is 10.0. The van der Waals surface area contributed by atoms with E-state index >= 15 is 0 Å². The first-order valence-corrected chi connectivity index (χ1v) is 5.11. The molecule has 0 aliphatic heterocycles. The Kier molecular flexibility index (Phi) is 4.10. The smallest absolute Gasteiger partial charge is 0.294 e. The van der Waals surface area contributed by atoms with Crippen molar-refractivity contribution < 1.29 is 18.0 Å². The normalized spacial score (nSPS) is 11.5. The Bertz CT molecular complexity index is 352. The second-order valence-corrected chi connectivity index (χ2v) is 3.66. The molecule has 1 nitrogen and oxygen atoms in total. The van der Waals surface area contributed by atoms with E-state index in [1.165, 1.54) is 12.1 Å². The molecule has 0 atom stereocenters. The quantitative estimate of drug-likeness (QED) is 0.719. The van der Waals surface area contributed by atoms with Gasteiger partial charge in [0, 0.05) is 5.56 Å². The van der Waals surface area contributed by atoms with Crippen molar-refractivity contribution in [1.29, 1.82) is 0 Å². The van der Waals surface area contributed by atoms with E-state index in [0.29, 0.717) is 0 Å². The van der Waals surface area contributed by atoms with Crippen LogP contribution in [0.2, 0.25) is 0 Å². The number of carbonyl (C=O) groups excluding carboxylic acids is 1. The van der Waals surface area contributed by atoms with Crippen molar-refractivity contribution in [3.63, 3.8) is 0 Å². The van der Waals surface area contributed by atoms with Crippen LogP contribution in [0.4, 0.5) is 13.2 Å². The fourth-order valence-electron chi connectivity index (χ4n) is 1.43. The Morgan fingerprint density at radius 3 is 2.19 bits per heavy atom. The SMILES string of the molecule is CCCc1ccc(C(=O)CC(F)(F)F)cc1. The van der Waals surface area contributed by atoms with Crippen LogP contribution in [0.1, 0.15) is 35.7 Å². The standard InChI is InChI=1S/C12H13F3O/c1-2-3-9-4-6-10(7-5-9)11(16)8-12(13,14)15/h4-7H,2-3,8H2,1H3. The van der Waals surface area contributed by atoms with E-state index in [1.54, 1.807) is 12.1 Å². The van der Waals surface area contributed by atoms with Gasteiger partial charge in [-0.25, -0.2) is 0 Å². The lowest BCUT2D eigenvalue weighted by molar-refractivity contribution is -0.125. The van der Waals surface area contributed by atoms with Gasteiger partial charge in [0.25, 0.3) is 0 Å². The van der Waals surface area contributed by atoms with Crippen LogP contribution in [0.5, 0.6) is 0 Å². The Hall–Kier alpha value is -1.32. The molecule has 0 spiro atoms. The number of hydrogen-bond donors (Lipinski definition) is 0. The first-order valence-electron chi connectivity index (χ1n) is 5.11. The van der Waals surface area contributed by atoms with Crippen LogP contribution in [0.25, 0.3) is 0 Å².